The van der Waals surface area contributed by atoms with Crippen LogP contribution >= 0.6 is 0 Å². The summed E-state index contributed by atoms with van der Waals surface area (Å²) in [5, 5.41) is 2.80. The number of anilines is 1. The molecule has 0 bridgehead atoms. The SMILES string of the molecule is C/C=C/CCNC(=O)c1cc(S(=O)(=O)Nc2ccc(C)cc2)ccc1C. The zero-order valence-corrected chi connectivity index (χ0v) is 16.1. The van der Waals surface area contributed by atoms with E-state index in [1.54, 1.807) is 25.1 Å². The first-order chi connectivity index (χ1) is 12.3. The molecule has 26 heavy (non-hydrogen) atoms. The van der Waals surface area contributed by atoms with Gasteiger partial charge in [0.2, 0.25) is 0 Å². The third-order valence-corrected chi connectivity index (χ3v) is 5.28. The maximum atomic E-state index is 12.6. The first kappa shape index (κ1) is 19.7. The van der Waals surface area contributed by atoms with Crippen molar-refractivity contribution >= 4 is 21.6 Å². The van der Waals surface area contributed by atoms with Crippen molar-refractivity contribution in [1.29, 1.82) is 0 Å². The summed E-state index contributed by atoms with van der Waals surface area (Å²) in [6, 6.07) is 11.6. The van der Waals surface area contributed by atoms with Gasteiger partial charge in [-0.2, -0.15) is 0 Å². The van der Waals surface area contributed by atoms with Gasteiger partial charge in [0.25, 0.3) is 15.9 Å². The zero-order valence-electron chi connectivity index (χ0n) is 15.2. The number of rotatable bonds is 7. The molecular weight excluding hydrogens is 348 g/mol. The second-order valence-electron chi connectivity index (χ2n) is 6.06. The van der Waals surface area contributed by atoms with Crippen LogP contribution in [0.5, 0.6) is 0 Å². The number of aryl methyl sites for hydroxylation is 2. The smallest absolute Gasteiger partial charge is 0.261 e. The molecule has 138 valence electrons. The summed E-state index contributed by atoms with van der Waals surface area (Å²) in [5.74, 6) is -0.278. The topological polar surface area (TPSA) is 75.3 Å². The van der Waals surface area contributed by atoms with Crippen molar-refractivity contribution in [3.8, 4) is 0 Å². The fraction of sp³-hybridized carbons (Fsp3) is 0.250. The number of nitrogens with one attached hydrogen (secondary N) is 2. The summed E-state index contributed by atoms with van der Waals surface area (Å²) in [4.78, 5) is 12.4. The Kier molecular flexibility index (Phi) is 6.58. The maximum Gasteiger partial charge on any atom is 0.261 e. The summed E-state index contributed by atoms with van der Waals surface area (Å²) in [6.45, 7) is 6.13. The van der Waals surface area contributed by atoms with Crippen LogP contribution in [-0.4, -0.2) is 20.9 Å². The number of hydrogen-bond acceptors (Lipinski definition) is 3. The standard InChI is InChI=1S/C20H24N2O3S/c1-4-5-6-13-21-20(23)19-14-18(12-9-16(19)3)26(24,25)22-17-10-7-15(2)8-11-17/h4-5,7-12,14,22H,6,13H2,1-3H3,(H,21,23)/b5-4+. The van der Waals surface area contributed by atoms with E-state index in [1.165, 1.54) is 12.1 Å². The lowest BCUT2D eigenvalue weighted by Gasteiger charge is -2.12. The number of hydrogen-bond donors (Lipinski definition) is 2. The first-order valence-electron chi connectivity index (χ1n) is 8.43. The minimum atomic E-state index is -3.77. The van der Waals surface area contributed by atoms with E-state index in [0.29, 0.717) is 17.8 Å². The predicted molar refractivity (Wildman–Crippen MR) is 105 cm³/mol. The molecule has 2 aromatic rings. The van der Waals surface area contributed by atoms with E-state index < -0.39 is 10.0 Å². The molecule has 6 heteroatoms. The first-order valence-corrected chi connectivity index (χ1v) is 9.91. The second kappa shape index (κ2) is 8.67. The Labute approximate surface area is 155 Å². The average Bonchev–Trinajstić information content (AvgIpc) is 2.60. The van der Waals surface area contributed by atoms with Gasteiger partial charge in [0, 0.05) is 17.8 Å². The number of carbonyl (C=O) groups is 1. The summed E-state index contributed by atoms with van der Waals surface area (Å²) in [5.41, 5.74) is 2.61. The van der Waals surface area contributed by atoms with E-state index in [0.717, 1.165) is 17.5 Å². The van der Waals surface area contributed by atoms with Crippen molar-refractivity contribution in [2.45, 2.75) is 32.1 Å². The number of allylic oxidation sites excluding steroid dienone is 1. The molecular formula is C20H24N2O3S. The number of carbonyl (C=O) groups excluding carboxylic acids is 1. The molecule has 0 aliphatic heterocycles. The van der Waals surface area contributed by atoms with Crippen LogP contribution in [0.2, 0.25) is 0 Å². The minimum Gasteiger partial charge on any atom is -0.352 e. The normalized spacial score (nSPS) is 11.5. The molecule has 5 nitrogen and oxygen atoms in total. The molecule has 2 N–H and O–H groups in total. The zero-order chi connectivity index (χ0) is 19.2. The highest BCUT2D eigenvalue weighted by molar-refractivity contribution is 7.92. The molecule has 0 saturated heterocycles. The predicted octanol–water partition coefficient (Wildman–Crippen LogP) is 3.80. The number of benzene rings is 2. The highest BCUT2D eigenvalue weighted by Gasteiger charge is 2.18. The molecule has 0 saturated carbocycles. The van der Waals surface area contributed by atoms with Crippen LogP contribution in [-0.2, 0) is 10.0 Å². The molecule has 0 fully saturated rings. The van der Waals surface area contributed by atoms with Gasteiger partial charge in [-0.3, -0.25) is 9.52 Å². The molecule has 2 rings (SSSR count). The molecule has 0 atom stereocenters. The Bertz CT molecular complexity index is 901. The van der Waals surface area contributed by atoms with Gasteiger partial charge in [-0.05, 0) is 57.0 Å². The van der Waals surface area contributed by atoms with Gasteiger partial charge in [0.1, 0.15) is 0 Å². The Morgan fingerprint density at radius 1 is 1.08 bits per heavy atom. The van der Waals surface area contributed by atoms with Crippen molar-refractivity contribution in [2.24, 2.45) is 0 Å². The van der Waals surface area contributed by atoms with Crippen LogP contribution in [0, 0.1) is 13.8 Å². The van der Waals surface area contributed by atoms with Crippen molar-refractivity contribution in [3.05, 3.63) is 71.3 Å². The Hall–Kier alpha value is -2.60. The molecule has 2 aromatic carbocycles. The van der Waals surface area contributed by atoms with Crippen LogP contribution in [0.1, 0.15) is 34.8 Å². The van der Waals surface area contributed by atoms with E-state index in [-0.39, 0.29) is 10.8 Å². The molecule has 0 aliphatic carbocycles. The molecule has 0 aliphatic rings. The number of sulfonamides is 1. The van der Waals surface area contributed by atoms with Crippen LogP contribution < -0.4 is 10.0 Å². The second-order valence-corrected chi connectivity index (χ2v) is 7.74. The summed E-state index contributed by atoms with van der Waals surface area (Å²) < 4.78 is 27.8. The van der Waals surface area contributed by atoms with Crippen molar-refractivity contribution < 1.29 is 13.2 Å². The van der Waals surface area contributed by atoms with E-state index in [9.17, 15) is 13.2 Å². The fourth-order valence-corrected chi connectivity index (χ4v) is 3.46. The molecule has 0 spiro atoms. The van der Waals surface area contributed by atoms with Crippen molar-refractivity contribution in [1.82, 2.24) is 5.32 Å². The van der Waals surface area contributed by atoms with Gasteiger partial charge >= 0.3 is 0 Å². The quantitative estimate of drug-likeness (QED) is 0.573. The Morgan fingerprint density at radius 3 is 2.42 bits per heavy atom. The van der Waals surface area contributed by atoms with Gasteiger partial charge in [-0.25, -0.2) is 8.42 Å². The molecule has 0 radical (unpaired) electrons. The van der Waals surface area contributed by atoms with Gasteiger partial charge in [0.05, 0.1) is 4.90 Å². The lowest BCUT2D eigenvalue weighted by Crippen LogP contribution is -2.25. The van der Waals surface area contributed by atoms with E-state index in [2.05, 4.69) is 10.0 Å². The van der Waals surface area contributed by atoms with Crippen LogP contribution in [0.15, 0.2) is 59.5 Å². The molecule has 0 unspecified atom stereocenters. The van der Waals surface area contributed by atoms with Crippen molar-refractivity contribution in [3.63, 3.8) is 0 Å². The number of amides is 1. The van der Waals surface area contributed by atoms with Crippen LogP contribution in [0.4, 0.5) is 5.69 Å². The molecule has 1 amide bonds. The van der Waals surface area contributed by atoms with Gasteiger partial charge in [0.15, 0.2) is 0 Å². The van der Waals surface area contributed by atoms with Crippen molar-refractivity contribution in [2.75, 3.05) is 11.3 Å². The third-order valence-electron chi connectivity index (χ3n) is 3.90. The summed E-state index contributed by atoms with van der Waals surface area (Å²) in [6.07, 6.45) is 4.61. The van der Waals surface area contributed by atoms with Crippen LogP contribution in [0.3, 0.4) is 0 Å². The fourth-order valence-electron chi connectivity index (χ4n) is 2.38. The van der Waals surface area contributed by atoms with E-state index >= 15 is 0 Å². The highest BCUT2D eigenvalue weighted by Crippen LogP contribution is 2.19. The largest absolute Gasteiger partial charge is 0.352 e. The molecule has 0 aromatic heterocycles. The minimum absolute atomic E-state index is 0.0577. The van der Waals surface area contributed by atoms with Gasteiger partial charge in [-0.15, -0.1) is 0 Å². The summed E-state index contributed by atoms with van der Waals surface area (Å²) in [7, 11) is -3.77. The van der Waals surface area contributed by atoms with E-state index in [4.69, 9.17) is 0 Å². The summed E-state index contributed by atoms with van der Waals surface area (Å²) >= 11 is 0. The highest BCUT2D eigenvalue weighted by atomic mass is 32.2. The molecule has 0 heterocycles. The average molecular weight is 372 g/mol. The lowest BCUT2D eigenvalue weighted by atomic mass is 10.1. The van der Waals surface area contributed by atoms with Crippen LogP contribution in [0.25, 0.3) is 0 Å². The monoisotopic (exact) mass is 372 g/mol. The lowest BCUT2D eigenvalue weighted by molar-refractivity contribution is 0.0953. The van der Waals surface area contributed by atoms with Gasteiger partial charge < -0.3 is 5.32 Å². The Morgan fingerprint density at radius 2 is 1.77 bits per heavy atom. The van der Waals surface area contributed by atoms with E-state index in [1.807, 2.05) is 38.1 Å². The maximum absolute atomic E-state index is 12.6. The third kappa shape index (κ3) is 5.20. The Balaban J connectivity index is 2.21. The van der Waals surface area contributed by atoms with Gasteiger partial charge in [-0.1, -0.05) is 35.9 Å².